The van der Waals surface area contributed by atoms with E-state index in [9.17, 15) is 9.18 Å². The van der Waals surface area contributed by atoms with Gasteiger partial charge in [-0.15, -0.1) is 0 Å². The van der Waals surface area contributed by atoms with Gasteiger partial charge in [-0.3, -0.25) is 4.79 Å². The molecule has 0 aromatic heterocycles. The third-order valence-corrected chi connectivity index (χ3v) is 1.83. The molecule has 0 amide bonds. The van der Waals surface area contributed by atoms with Crippen LogP contribution in [0.2, 0.25) is 5.02 Å². The van der Waals surface area contributed by atoms with Crippen molar-refractivity contribution in [1.29, 1.82) is 0 Å². The molecule has 0 aliphatic carbocycles. The van der Waals surface area contributed by atoms with Gasteiger partial charge in [0.1, 0.15) is 5.82 Å². The molecule has 14 heavy (non-hydrogen) atoms. The number of rotatable bonds is 4. The molecule has 1 aromatic carbocycles. The molecular weight excluding hydrogens is 209 g/mol. The minimum absolute atomic E-state index is 0.151. The summed E-state index contributed by atoms with van der Waals surface area (Å²) < 4.78 is 13.0. The molecule has 0 saturated carbocycles. The van der Waals surface area contributed by atoms with Gasteiger partial charge in [0.2, 0.25) is 0 Å². The third-order valence-electron chi connectivity index (χ3n) is 1.60. The van der Waals surface area contributed by atoms with E-state index in [0.717, 1.165) is 0 Å². The second-order valence-corrected chi connectivity index (χ2v) is 3.17. The topological polar surface area (TPSA) is 49.3 Å². The van der Waals surface area contributed by atoms with E-state index in [1.54, 1.807) is 0 Å². The van der Waals surface area contributed by atoms with Crippen LogP contribution in [0.1, 0.15) is 5.56 Å². The van der Waals surface area contributed by atoms with Crippen molar-refractivity contribution in [2.45, 2.75) is 6.54 Å². The number of carbonyl (C=O) groups is 1. The van der Waals surface area contributed by atoms with Gasteiger partial charge in [0.25, 0.3) is 0 Å². The fourth-order valence-electron chi connectivity index (χ4n) is 0.983. The second-order valence-electron chi connectivity index (χ2n) is 2.73. The molecule has 0 radical (unpaired) electrons. The highest BCUT2D eigenvalue weighted by atomic mass is 35.5. The number of aliphatic carboxylic acids is 1. The number of hydrogen-bond acceptors (Lipinski definition) is 2. The fraction of sp³-hybridized carbons (Fsp3) is 0.222. The molecule has 0 spiro atoms. The largest absolute Gasteiger partial charge is 0.480 e. The van der Waals surface area contributed by atoms with Gasteiger partial charge in [0.05, 0.1) is 6.54 Å². The van der Waals surface area contributed by atoms with Gasteiger partial charge in [-0.05, 0) is 18.2 Å². The van der Waals surface area contributed by atoms with Crippen LogP contribution in [0.5, 0.6) is 0 Å². The summed E-state index contributed by atoms with van der Waals surface area (Å²) in [6.07, 6.45) is 0. The van der Waals surface area contributed by atoms with Crippen LogP contribution >= 0.6 is 11.6 Å². The Morgan fingerprint density at radius 3 is 2.93 bits per heavy atom. The molecule has 0 unspecified atom stereocenters. The van der Waals surface area contributed by atoms with Crippen LogP contribution in [0.25, 0.3) is 0 Å². The standard InChI is InChI=1S/C9H9ClFNO2/c10-7-1-2-8(11)6(3-7)4-12-5-9(13)14/h1-3,12H,4-5H2,(H,13,14). The molecule has 2 N–H and O–H groups in total. The van der Waals surface area contributed by atoms with Crippen molar-refractivity contribution in [3.8, 4) is 0 Å². The lowest BCUT2D eigenvalue weighted by atomic mass is 10.2. The molecule has 0 bridgehead atoms. The average Bonchev–Trinajstić information content (AvgIpc) is 2.10. The Balaban J connectivity index is 2.57. The van der Waals surface area contributed by atoms with E-state index in [4.69, 9.17) is 16.7 Å². The van der Waals surface area contributed by atoms with Crippen molar-refractivity contribution in [2.24, 2.45) is 0 Å². The van der Waals surface area contributed by atoms with Gasteiger partial charge in [0.15, 0.2) is 0 Å². The van der Waals surface area contributed by atoms with E-state index in [0.29, 0.717) is 10.6 Å². The highest BCUT2D eigenvalue weighted by Crippen LogP contribution is 2.14. The summed E-state index contributed by atoms with van der Waals surface area (Å²) in [5, 5.41) is 11.3. The first-order chi connectivity index (χ1) is 6.59. The summed E-state index contributed by atoms with van der Waals surface area (Å²) in [5.41, 5.74) is 0.360. The minimum Gasteiger partial charge on any atom is -0.480 e. The number of halogens is 2. The molecule has 0 aliphatic heterocycles. The van der Waals surface area contributed by atoms with Crippen molar-refractivity contribution in [2.75, 3.05) is 6.54 Å². The summed E-state index contributed by atoms with van der Waals surface area (Å²) in [5.74, 6) is -1.38. The number of nitrogens with one attached hydrogen (secondary N) is 1. The monoisotopic (exact) mass is 217 g/mol. The van der Waals surface area contributed by atoms with Gasteiger partial charge < -0.3 is 10.4 Å². The maximum atomic E-state index is 13.0. The molecule has 0 atom stereocenters. The van der Waals surface area contributed by atoms with Crippen molar-refractivity contribution in [1.82, 2.24) is 5.32 Å². The van der Waals surface area contributed by atoms with Gasteiger partial charge >= 0.3 is 5.97 Å². The zero-order chi connectivity index (χ0) is 10.6. The maximum Gasteiger partial charge on any atom is 0.317 e. The van der Waals surface area contributed by atoms with Crippen molar-refractivity contribution in [3.05, 3.63) is 34.6 Å². The quantitative estimate of drug-likeness (QED) is 0.807. The van der Waals surface area contributed by atoms with Crippen LogP contribution in [-0.4, -0.2) is 17.6 Å². The van der Waals surface area contributed by atoms with Gasteiger partial charge in [-0.25, -0.2) is 4.39 Å². The smallest absolute Gasteiger partial charge is 0.317 e. The first-order valence-electron chi connectivity index (χ1n) is 3.96. The molecule has 0 heterocycles. The normalized spacial score (nSPS) is 10.1. The summed E-state index contributed by atoms with van der Waals surface area (Å²) >= 11 is 5.65. The first-order valence-corrected chi connectivity index (χ1v) is 4.34. The molecule has 5 heteroatoms. The zero-order valence-corrected chi connectivity index (χ0v) is 8.01. The van der Waals surface area contributed by atoms with E-state index in [1.807, 2.05) is 0 Å². The molecular formula is C9H9ClFNO2. The fourth-order valence-corrected chi connectivity index (χ4v) is 1.18. The van der Waals surface area contributed by atoms with Crippen LogP contribution in [0.4, 0.5) is 4.39 Å². The van der Waals surface area contributed by atoms with E-state index in [2.05, 4.69) is 5.32 Å². The predicted octanol–water partition coefficient (Wildman–Crippen LogP) is 1.65. The molecule has 1 rings (SSSR count). The van der Waals surface area contributed by atoms with Gasteiger partial charge in [-0.2, -0.15) is 0 Å². The van der Waals surface area contributed by atoms with Crippen molar-refractivity contribution >= 4 is 17.6 Å². The molecule has 3 nitrogen and oxygen atoms in total. The highest BCUT2D eigenvalue weighted by molar-refractivity contribution is 6.30. The SMILES string of the molecule is O=C(O)CNCc1cc(Cl)ccc1F. The summed E-state index contributed by atoms with van der Waals surface area (Å²) in [7, 11) is 0. The average molecular weight is 218 g/mol. The molecule has 0 saturated heterocycles. The van der Waals surface area contributed by atoms with E-state index in [1.165, 1.54) is 18.2 Å². The number of carboxylic acid groups (broad SMARTS) is 1. The Morgan fingerprint density at radius 1 is 1.57 bits per heavy atom. The van der Waals surface area contributed by atoms with E-state index in [-0.39, 0.29) is 13.1 Å². The summed E-state index contributed by atoms with van der Waals surface area (Å²) in [6, 6.07) is 4.16. The lowest BCUT2D eigenvalue weighted by Gasteiger charge is -2.03. The Morgan fingerprint density at radius 2 is 2.29 bits per heavy atom. The first kappa shape index (κ1) is 10.9. The predicted molar refractivity (Wildman–Crippen MR) is 50.8 cm³/mol. The second kappa shape index (κ2) is 4.93. The molecule has 76 valence electrons. The summed E-state index contributed by atoms with van der Waals surface area (Å²) in [4.78, 5) is 10.2. The van der Waals surface area contributed by atoms with Gasteiger partial charge in [0, 0.05) is 17.1 Å². The Bertz CT molecular complexity index is 344. The van der Waals surface area contributed by atoms with Crippen molar-refractivity contribution < 1.29 is 14.3 Å². The van der Waals surface area contributed by atoms with Crippen LogP contribution in [0, 0.1) is 5.82 Å². The lowest BCUT2D eigenvalue weighted by Crippen LogP contribution is -2.22. The number of hydrogen-bond donors (Lipinski definition) is 2. The number of carboxylic acids is 1. The molecule has 1 aromatic rings. The van der Waals surface area contributed by atoms with E-state index >= 15 is 0 Å². The molecule has 0 fully saturated rings. The van der Waals surface area contributed by atoms with Crippen LogP contribution in [-0.2, 0) is 11.3 Å². The van der Waals surface area contributed by atoms with Gasteiger partial charge in [-0.1, -0.05) is 11.6 Å². The molecule has 0 aliphatic rings. The van der Waals surface area contributed by atoms with E-state index < -0.39 is 11.8 Å². The Kier molecular flexibility index (Phi) is 3.85. The Labute approximate surface area is 85.5 Å². The Hall–Kier alpha value is -1.13. The van der Waals surface area contributed by atoms with Crippen LogP contribution < -0.4 is 5.32 Å². The summed E-state index contributed by atoms with van der Waals surface area (Å²) in [6.45, 7) is -0.0509. The third kappa shape index (κ3) is 3.32. The van der Waals surface area contributed by atoms with Crippen LogP contribution in [0.15, 0.2) is 18.2 Å². The van der Waals surface area contributed by atoms with Crippen molar-refractivity contribution in [3.63, 3.8) is 0 Å². The maximum absolute atomic E-state index is 13.0. The minimum atomic E-state index is -0.979. The zero-order valence-electron chi connectivity index (χ0n) is 7.26. The highest BCUT2D eigenvalue weighted by Gasteiger charge is 2.03. The number of benzene rings is 1. The van der Waals surface area contributed by atoms with Crippen LogP contribution in [0.3, 0.4) is 0 Å². The lowest BCUT2D eigenvalue weighted by molar-refractivity contribution is -0.136.